The Kier molecular flexibility index (Phi) is 5.18. The van der Waals surface area contributed by atoms with Crippen molar-refractivity contribution >= 4 is 33.9 Å². The summed E-state index contributed by atoms with van der Waals surface area (Å²) in [6, 6.07) is 13.3. The molecule has 0 aliphatic rings. The van der Waals surface area contributed by atoms with Crippen molar-refractivity contribution in [3.8, 4) is 11.3 Å². The predicted molar refractivity (Wildman–Crippen MR) is 110 cm³/mol. The van der Waals surface area contributed by atoms with Crippen molar-refractivity contribution < 1.29 is 14.0 Å². The number of aryl methyl sites for hydroxylation is 1. The Balaban J connectivity index is 1.41. The molecule has 0 saturated carbocycles. The van der Waals surface area contributed by atoms with E-state index in [0.29, 0.717) is 10.5 Å². The summed E-state index contributed by atoms with van der Waals surface area (Å²) in [5.74, 6) is -0.782. The number of aromatic nitrogens is 3. The normalized spacial score (nSPS) is 11.0. The van der Waals surface area contributed by atoms with E-state index in [2.05, 4.69) is 15.4 Å². The topological polar surface area (TPSA) is 76.4 Å². The molecule has 0 unspecified atom stereocenters. The van der Waals surface area contributed by atoms with Gasteiger partial charge in [0, 0.05) is 29.3 Å². The van der Waals surface area contributed by atoms with Crippen molar-refractivity contribution in [3.63, 3.8) is 0 Å². The van der Waals surface area contributed by atoms with Crippen LogP contribution in [-0.2, 0) is 4.79 Å². The molecule has 0 atom stereocenters. The van der Waals surface area contributed by atoms with Crippen LogP contribution in [0.15, 0.2) is 53.9 Å². The van der Waals surface area contributed by atoms with Crippen LogP contribution in [0, 0.1) is 12.7 Å². The molecule has 0 spiro atoms. The molecule has 2 aromatic heterocycles. The van der Waals surface area contributed by atoms with Gasteiger partial charge in [-0.25, -0.2) is 8.91 Å². The third-order valence-electron chi connectivity index (χ3n) is 4.43. The number of anilines is 1. The van der Waals surface area contributed by atoms with Gasteiger partial charge >= 0.3 is 0 Å². The Morgan fingerprint density at radius 3 is 2.52 bits per heavy atom. The maximum absolute atomic E-state index is 12.9. The number of ketones is 1. The fraction of sp³-hybridized carbons (Fsp3) is 0.143. The van der Waals surface area contributed by atoms with Gasteiger partial charge in [0.1, 0.15) is 5.82 Å². The average molecular weight is 408 g/mol. The highest BCUT2D eigenvalue weighted by Gasteiger charge is 2.15. The molecule has 4 rings (SSSR count). The second-order valence-corrected chi connectivity index (χ2v) is 7.43. The first-order valence-electron chi connectivity index (χ1n) is 8.99. The Morgan fingerprint density at radius 1 is 1.07 bits per heavy atom. The lowest BCUT2D eigenvalue weighted by molar-refractivity contribution is -0.116. The number of halogens is 1. The Morgan fingerprint density at radius 2 is 1.79 bits per heavy atom. The number of nitrogens with zero attached hydrogens (tertiary/aromatic N) is 3. The van der Waals surface area contributed by atoms with Crippen LogP contribution in [0.25, 0.3) is 16.2 Å². The highest BCUT2D eigenvalue weighted by molar-refractivity contribution is 7.15. The Labute approximate surface area is 170 Å². The molecule has 0 saturated heterocycles. The van der Waals surface area contributed by atoms with Gasteiger partial charge in [-0.3, -0.25) is 14.9 Å². The minimum atomic E-state index is -0.407. The molecule has 2 heterocycles. The van der Waals surface area contributed by atoms with Crippen molar-refractivity contribution in [1.82, 2.24) is 14.6 Å². The third-order valence-corrected chi connectivity index (χ3v) is 5.24. The largest absolute Gasteiger partial charge is 0.294 e. The number of benzene rings is 2. The minimum Gasteiger partial charge on any atom is -0.294 e. The van der Waals surface area contributed by atoms with Crippen LogP contribution in [0.2, 0.25) is 0 Å². The highest BCUT2D eigenvalue weighted by atomic mass is 32.1. The molecule has 8 heteroatoms. The molecule has 6 nitrogen and oxygen atoms in total. The number of carbonyl (C=O) groups excluding carboxylic acids is 2. The Bertz CT molecular complexity index is 1180. The van der Waals surface area contributed by atoms with E-state index in [4.69, 9.17) is 0 Å². The number of hydrogen-bond acceptors (Lipinski definition) is 5. The van der Waals surface area contributed by atoms with Crippen molar-refractivity contribution in [2.45, 2.75) is 19.8 Å². The summed E-state index contributed by atoms with van der Waals surface area (Å²) in [5.41, 5.74) is 3.45. The quantitative estimate of drug-likeness (QED) is 0.477. The van der Waals surface area contributed by atoms with Crippen LogP contribution in [0.4, 0.5) is 10.3 Å². The molecule has 0 aliphatic heterocycles. The van der Waals surface area contributed by atoms with E-state index in [1.54, 1.807) is 4.52 Å². The summed E-state index contributed by atoms with van der Waals surface area (Å²) < 4.78 is 14.6. The lowest BCUT2D eigenvalue weighted by Crippen LogP contribution is -2.14. The van der Waals surface area contributed by atoms with Gasteiger partial charge < -0.3 is 0 Å². The second-order valence-electron chi connectivity index (χ2n) is 6.60. The molecule has 4 aromatic rings. The molecule has 1 N–H and O–H groups in total. The van der Waals surface area contributed by atoms with Crippen LogP contribution >= 0.6 is 11.3 Å². The summed E-state index contributed by atoms with van der Waals surface area (Å²) in [4.78, 5) is 29.3. The van der Waals surface area contributed by atoms with Crippen molar-refractivity contribution in [2.24, 2.45) is 0 Å². The van der Waals surface area contributed by atoms with Gasteiger partial charge in [-0.2, -0.15) is 4.98 Å². The summed E-state index contributed by atoms with van der Waals surface area (Å²) in [6.45, 7) is 2.02. The third kappa shape index (κ3) is 4.22. The first kappa shape index (κ1) is 18.9. The van der Waals surface area contributed by atoms with Gasteiger partial charge in [-0.1, -0.05) is 29.8 Å². The first-order valence-corrected chi connectivity index (χ1v) is 9.87. The van der Waals surface area contributed by atoms with Gasteiger partial charge in [0.2, 0.25) is 16.8 Å². The smallest absolute Gasteiger partial charge is 0.250 e. The van der Waals surface area contributed by atoms with E-state index >= 15 is 0 Å². The van der Waals surface area contributed by atoms with Crippen LogP contribution < -0.4 is 5.32 Å². The zero-order valence-electron chi connectivity index (χ0n) is 15.6. The molecular formula is C21H17FN4O2S. The number of amides is 1. The number of nitrogens with one attached hydrogen (secondary N) is 1. The van der Waals surface area contributed by atoms with Crippen LogP contribution in [0.5, 0.6) is 0 Å². The zero-order valence-corrected chi connectivity index (χ0v) is 16.4. The van der Waals surface area contributed by atoms with Gasteiger partial charge in [0.25, 0.3) is 0 Å². The number of Topliss-reactive ketones (excluding diaryl/α,β-unsaturated/α-hetero) is 1. The number of carbonyl (C=O) groups is 2. The Hall–Kier alpha value is -3.39. The second kappa shape index (κ2) is 7.92. The number of fused-ring (bicyclic) bond motifs is 1. The zero-order chi connectivity index (χ0) is 20.4. The van der Waals surface area contributed by atoms with E-state index in [1.807, 2.05) is 36.6 Å². The van der Waals surface area contributed by atoms with Gasteiger partial charge in [0.05, 0.1) is 5.69 Å². The van der Waals surface area contributed by atoms with E-state index in [-0.39, 0.29) is 30.5 Å². The van der Waals surface area contributed by atoms with Crippen LogP contribution in [0.3, 0.4) is 0 Å². The lowest BCUT2D eigenvalue weighted by Gasteiger charge is -2.02. The standard InChI is InChI=1S/C21H17FN4O2S/c1-13-2-4-14(5-3-13)17-12-29-21-24-20(25-26(17)21)23-19(28)11-10-18(27)15-6-8-16(22)9-7-15/h2-9,12H,10-11H2,1H3,(H,23,25,28). The van der Waals surface area contributed by atoms with Gasteiger partial charge in [0.15, 0.2) is 5.78 Å². The van der Waals surface area contributed by atoms with E-state index in [9.17, 15) is 14.0 Å². The summed E-state index contributed by atoms with van der Waals surface area (Å²) in [7, 11) is 0. The first-order chi connectivity index (χ1) is 14.0. The number of hydrogen-bond donors (Lipinski definition) is 1. The van der Waals surface area contributed by atoms with Crippen molar-refractivity contribution in [3.05, 3.63) is 70.9 Å². The van der Waals surface area contributed by atoms with Gasteiger partial charge in [-0.05, 0) is 31.2 Å². The molecule has 1 amide bonds. The highest BCUT2D eigenvalue weighted by Crippen LogP contribution is 2.26. The van der Waals surface area contributed by atoms with Crippen molar-refractivity contribution in [2.75, 3.05) is 5.32 Å². The van der Waals surface area contributed by atoms with Crippen LogP contribution in [-0.4, -0.2) is 26.3 Å². The van der Waals surface area contributed by atoms with E-state index < -0.39 is 5.82 Å². The monoisotopic (exact) mass is 408 g/mol. The average Bonchev–Trinajstić information content (AvgIpc) is 3.27. The molecule has 146 valence electrons. The minimum absolute atomic E-state index is 0.00607. The SMILES string of the molecule is Cc1ccc(-c2csc3nc(NC(=O)CCC(=O)c4ccc(F)cc4)nn23)cc1. The molecule has 29 heavy (non-hydrogen) atoms. The molecular weight excluding hydrogens is 391 g/mol. The van der Waals surface area contributed by atoms with E-state index in [1.165, 1.54) is 41.2 Å². The molecule has 0 aliphatic carbocycles. The molecule has 0 fully saturated rings. The molecule has 0 bridgehead atoms. The lowest BCUT2D eigenvalue weighted by atomic mass is 10.1. The summed E-state index contributed by atoms with van der Waals surface area (Å²) in [5, 5.41) is 8.96. The predicted octanol–water partition coefficient (Wildman–Crippen LogP) is 4.51. The van der Waals surface area contributed by atoms with Crippen molar-refractivity contribution in [1.29, 1.82) is 0 Å². The molecule has 2 aromatic carbocycles. The fourth-order valence-corrected chi connectivity index (χ4v) is 3.68. The maximum atomic E-state index is 12.9. The molecule has 0 radical (unpaired) electrons. The number of rotatable bonds is 6. The summed E-state index contributed by atoms with van der Waals surface area (Å²) >= 11 is 1.43. The number of thiazole rings is 1. The van der Waals surface area contributed by atoms with Crippen LogP contribution in [0.1, 0.15) is 28.8 Å². The van der Waals surface area contributed by atoms with E-state index in [0.717, 1.165) is 11.3 Å². The maximum Gasteiger partial charge on any atom is 0.250 e. The summed E-state index contributed by atoms with van der Waals surface area (Å²) in [6.07, 6.45) is 0.0161. The van der Waals surface area contributed by atoms with Gasteiger partial charge in [-0.15, -0.1) is 16.4 Å². The fourth-order valence-electron chi connectivity index (χ4n) is 2.85.